The van der Waals surface area contributed by atoms with Crippen molar-refractivity contribution < 1.29 is 27.5 Å². The van der Waals surface area contributed by atoms with Crippen molar-refractivity contribution in [3.05, 3.63) is 78.0 Å². The summed E-state index contributed by atoms with van der Waals surface area (Å²) in [4.78, 5) is 44.6. The Hall–Kier alpha value is -3.83. The van der Waals surface area contributed by atoms with Crippen molar-refractivity contribution in [1.82, 2.24) is 19.9 Å². The lowest BCUT2D eigenvalue weighted by atomic mass is 9.88. The molecule has 12 heteroatoms. The van der Waals surface area contributed by atoms with E-state index in [2.05, 4.69) is 21.6 Å². The number of hydrogen-bond acceptors (Lipinski definition) is 6. The molecule has 0 bridgehead atoms. The molecule has 2 aliphatic rings. The van der Waals surface area contributed by atoms with Gasteiger partial charge in [0, 0.05) is 41.5 Å². The third kappa shape index (κ3) is 5.76. The van der Waals surface area contributed by atoms with Gasteiger partial charge in [-0.25, -0.2) is 17.9 Å². The van der Waals surface area contributed by atoms with Crippen LogP contribution in [-0.4, -0.2) is 60.4 Å². The largest absolute Gasteiger partial charge is 0.444 e. The number of aromatic amines is 1. The molecule has 3 amide bonds. The Morgan fingerprint density at radius 3 is 2.48 bits per heavy atom. The number of rotatable bonds is 7. The minimum atomic E-state index is -4.28. The Balaban J connectivity index is 1.39. The number of sulfonamides is 1. The molecule has 222 valence electrons. The average Bonchev–Trinajstić information content (AvgIpc) is 3.24. The van der Waals surface area contributed by atoms with Crippen molar-refractivity contribution in [2.45, 2.75) is 49.1 Å². The highest BCUT2D eigenvalue weighted by molar-refractivity contribution is 7.90. The molecular weight excluding hydrogens is 580 g/mol. The molecule has 3 N–H and O–H groups in total. The Bertz CT molecular complexity index is 1660. The van der Waals surface area contributed by atoms with E-state index in [1.165, 1.54) is 17.0 Å². The summed E-state index contributed by atoms with van der Waals surface area (Å²) in [7, 11) is -4.28. The number of likely N-dealkylation sites (tertiary alicyclic amines) is 1. The second-order valence-electron chi connectivity index (χ2n) is 11.8. The number of carbonyl (C=O) groups is 3. The maximum atomic E-state index is 13.9. The summed E-state index contributed by atoms with van der Waals surface area (Å²) in [6.45, 7) is 9.32. The number of nitrogens with one attached hydrogen (secondary N) is 3. The summed E-state index contributed by atoms with van der Waals surface area (Å²) >= 11 is 6.09. The molecule has 0 unspecified atom stereocenters. The molecule has 2 aromatic carbocycles. The van der Waals surface area contributed by atoms with Crippen molar-refractivity contribution in [2.24, 2.45) is 11.8 Å². The van der Waals surface area contributed by atoms with Crippen molar-refractivity contribution in [3.63, 3.8) is 0 Å². The lowest BCUT2D eigenvalue weighted by Crippen LogP contribution is -2.53. The van der Waals surface area contributed by atoms with Gasteiger partial charge in [0.05, 0.1) is 11.4 Å². The van der Waals surface area contributed by atoms with E-state index < -0.39 is 56.8 Å². The van der Waals surface area contributed by atoms with Crippen molar-refractivity contribution in [1.29, 1.82) is 0 Å². The van der Waals surface area contributed by atoms with Crippen LogP contribution in [0.4, 0.5) is 4.79 Å². The molecule has 10 nitrogen and oxygen atoms in total. The second-order valence-corrected chi connectivity index (χ2v) is 13.9. The van der Waals surface area contributed by atoms with Gasteiger partial charge in [0.2, 0.25) is 5.91 Å². The molecule has 5 rings (SSSR count). The molecule has 2 fully saturated rings. The number of halogens is 1. The third-order valence-corrected chi connectivity index (χ3v) is 9.35. The fourth-order valence-corrected chi connectivity index (χ4v) is 6.85. The SMILES string of the molecule is C=C[C@@H]1C[C@]1(NC(=O)[C@@H]1CN(C(=O)OC(C)(C)C)C[C@H]1c1ccc(Cl)cc1)C(=O)NS(=O)(=O)c1cccc2cc[nH]c12. The van der Waals surface area contributed by atoms with E-state index in [0.717, 1.165) is 5.56 Å². The number of ether oxygens (including phenoxy) is 1. The van der Waals surface area contributed by atoms with E-state index >= 15 is 0 Å². The topological polar surface area (TPSA) is 138 Å². The third-order valence-electron chi connectivity index (χ3n) is 7.72. The summed E-state index contributed by atoms with van der Waals surface area (Å²) in [5.41, 5.74) is -1.07. The first-order chi connectivity index (χ1) is 19.7. The molecule has 1 aromatic heterocycles. The number of aromatic nitrogens is 1. The molecule has 0 radical (unpaired) electrons. The van der Waals surface area contributed by atoms with Crippen LogP contribution in [0.2, 0.25) is 5.02 Å². The number of H-pyrrole nitrogens is 1. The summed E-state index contributed by atoms with van der Waals surface area (Å²) in [6, 6.07) is 13.5. The van der Waals surface area contributed by atoms with Crippen LogP contribution in [-0.2, 0) is 24.3 Å². The molecule has 2 heterocycles. The van der Waals surface area contributed by atoms with Gasteiger partial charge in [-0.2, -0.15) is 0 Å². The highest BCUT2D eigenvalue weighted by atomic mass is 35.5. The minimum Gasteiger partial charge on any atom is -0.444 e. The van der Waals surface area contributed by atoms with Gasteiger partial charge in [0.25, 0.3) is 15.9 Å². The van der Waals surface area contributed by atoms with Crippen LogP contribution in [0.15, 0.2) is 72.3 Å². The highest BCUT2D eigenvalue weighted by Gasteiger charge is 2.61. The van der Waals surface area contributed by atoms with E-state index in [9.17, 15) is 22.8 Å². The van der Waals surface area contributed by atoms with Gasteiger partial charge in [-0.15, -0.1) is 6.58 Å². The number of carbonyl (C=O) groups excluding carboxylic acids is 3. The standard InChI is InChI=1S/C30H33ClN4O6S/c1-5-20-15-30(20,27(37)34-42(39,40)24-8-6-7-19-13-14-32-25(19)24)33-26(36)23-17-35(28(38)41-29(2,3)4)16-22(23)18-9-11-21(31)12-10-18/h5-14,20,22-23,32H,1,15-17H2,2-4H3,(H,33,36)(H,34,37)/t20-,22+,23-,30-/m1/s1. The van der Waals surface area contributed by atoms with E-state index in [1.54, 1.807) is 69.4 Å². The monoisotopic (exact) mass is 612 g/mol. The summed E-state index contributed by atoms with van der Waals surface area (Å²) in [6.07, 6.45) is 2.77. The van der Waals surface area contributed by atoms with Crippen molar-refractivity contribution >= 4 is 50.4 Å². The lowest BCUT2D eigenvalue weighted by Gasteiger charge is -2.24. The first kappa shape index (κ1) is 29.7. The first-order valence-electron chi connectivity index (χ1n) is 13.6. The summed E-state index contributed by atoms with van der Waals surface area (Å²) < 4.78 is 34.3. The zero-order chi connectivity index (χ0) is 30.4. The first-order valence-corrected chi connectivity index (χ1v) is 15.4. The van der Waals surface area contributed by atoms with Crippen LogP contribution < -0.4 is 10.0 Å². The fraction of sp³-hybridized carbons (Fsp3) is 0.367. The Morgan fingerprint density at radius 1 is 1.12 bits per heavy atom. The molecule has 1 saturated carbocycles. The van der Waals surface area contributed by atoms with E-state index in [1.807, 2.05) is 0 Å². The Labute approximate surface area is 249 Å². The maximum Gasteiger partial charge on any atom is 0.410 e. The van der Waals surface area contributed by atoms with Crippen LogP contribution in [0.3, 0.4) is 0 Å². The Kier molecular flexibility index (Phi) is 7.61. The average molecular weight is 613 g/mol. The van der Waals surface area contributed by atoms with Gasteiger partial charge < -0.3 is 19.9 Å². The van der Waals surface area contributed by atoms with Crippen molar-refractivity contribution in [3.8, 4) is 0 Å². The predicted molar refractivity (Wildman–Crippen MR) is 158 cm³/mol. The van der Waals surface area contributed by atoms with Gasteiger partial charge in [-0.1, -0.05) is 41.9 Å². The zero-order valence-electron chi connectivity index (χ0n) is 23.5. The summed E-state index contributed by atoms with van der Waals surface area (Å²) in [5.74, 6) is -2.96. The molecule has 0 spiro atoms. The second kappa shape index (κ2) is 10.8. The number of amides is 3. The van der Waals surface area contributed by atoms with E-state index in [-0.39, 0.29) is 24.4 Å². The van der Waals surface area contributed by atoms with E-state index in [0.29, 0.717) is 15.9 Å². The number of para-hydroxylation sites is 1. The molecule has 3 aromatic rings. The van der Waals surface area contributed by atoms with Crippen LogP contribution in [0.1, 0.15) is 38.7 Å². The van der Waals surface area contributed by atoms with Gasteiger partial charge >= 0.3 is 6.09 Å². The number of fused-ring (bicyclic) bond motifs is 1. The lowest BCUT2D eigenvalue weighted by molar-refractivity contribution is -0.131. The molecule has 4 atom stereocenters. The quantitative estimate of drug-likeness (QED) is 0.340. The fourth-order valence-electron chi connectivity index (χ4n) is 5.49. The van der Waals surface area contributed by atoms with Crippen LogP contribution >= 0.6 is 11.6 Å². The molecule has 42 heavy (non-hydrogen) atoms. The Morgan fingerprint density at radius 2 is 1.83 bits per heavy atom. The van der Waals surface area contributed by atoms with E-state index in [4.69, 9.17) is 16.3 Å². The molecule has 1 aliphatic carbocycles. The van der Waals surface area contributed by atoms with Gasteiger partial charge in [0.1, 0.15) is 16.0 Å². The minimum absolute atomic E-state index is 0.0532. The van der Waals surface area contributed by atoms with Crippen LogP contribution in [0.5, 0.6) is 0 Å². The smallest absolute Gasteiger partial charge is 0.410 e. The molecule has 1 aliphatic heterocycles. The number of benzene rings is 2. The van der Waals surface area contributed by atoms with Crippen LogP contribution in [0.25, 0.3) is 10.9 Å². The zero-order valence-corrected chi connectivity index (χ0v) is 25.1. The summed E-state index contributed by atoms with van der Waals surface area (Å²) in [5, 5.41) is 4.04. The normalized spacial score (nSPS) is 23.8. The highest BCUT2D eigenvalue weighted by Crippen LogP contribution is 2.46. The predicted octanol–water partition coefficient (Wildman–Crippen LogP) is 4.34. The molecular formula is C30H33ClN4O6S. The van der Waals surface area contributed by atoms with Crippen LogP contribution in [0, 0.1) is 11.8 Å². The number of hydrogen-bond donors (Lipinski definition) is 3. The van der Waals surface area contributed by atoms with Gasteiger partial charge in [-0.05, 0) is 57.0 Å². The molecule has 1 saturated heterocycles. The maximum absolute atomic E-state index is 13.9. The number of nitrogens with zero attached hydrogens (tertiary/aromatic N) is 1. The van der Waals surface area contributed by atoms with Gasteiger partial charge in [-0.3, -0.25) is 9.59 Å². The van der Waals surface area contributed by atoms with Crippen molar-refractivity contribution in [2.75, 3.05) is 13.1 Å². The van der Waals surface area contributed by atoms with Gasteiger partial charge in [0.15, 0.2) is 0 Å².